The monoisotopic (exact) mass is 291 g/mol. The lowest BCUT2D eigenvalue weighted by molar-refractivity contribution is -0.137. The van der Waals surface area contributed by atoms with E-state index in [1.54, 1.807) is 18.4 Å². The van der Waals surface area contributed by atoms with Crippen molar-refractivity contribution in [2.75, 3.05) is 13.1 Å². The average Bonchev–Trinajstić information content (AvgIpc) is 3.18. The molecule has 0 spiro atoms. The molecule has 0 aromatic carbocycles. The minimum atomic E-state index is -0.728. The van der Waals surface area contributed by atoms with Crippen molar-refractivity contribution in [2.45, 2.75) is 25.8 Å². The second-order valence-electron chi connectivity index (χ2n) is 5.31. The number of hydrogen-bond acceptors (Lipinski definition) is 6. The van der Waals surface area contributed by atoms with E-state index in [0.717, 1.165) is 25.9 Å². The van der Waals surface area contributed by atoms with Crippen LogP contribution in [0.1, 0.15) is 25.2 Å². The van der Waals surface area contributed by atoms with Gasteiger partial charge in [-0.15, -0.1) is 0 Å². The summed E-state index contributed by atoms with van der Waals surface area (Å²) in [6, 6.07) is 3.56. The number of carboxylic acids is 1. The van der Waals surface area contributed by atoms with E-state index in [1.165, 1.54) is 0 Å². The lowest BCUT2D eigenvalue weighted by atomic mass is 10.0. The third-order valence-corrected chi connectivity index (χ3v) is 3.70. The molecule has 1 fully saturated rings. The first kappa shape index (κ1) is 13.8. The van der Waals surface area contributed by atoms with Gasteiger partial charge >= 0.3 is 5.97 Å². The van der Waals surface area contributed by atoms with E-state index < -0.39 is 5.97 Å². The van der Waals surface area contributed by atoms with Crippen molar-refractivity contribution in [3.8, 4) is 11.6 Å². The number of aliphatic carboxylic acids is 1. The minimum absolute atomic E-state index is 0.238. The number of furan rings is 1. The van der Waals surface area contributed by atoms with Crippen LogP contribution < -0.4 is 0 Å². The van der Waals surface area contributed by atoms with Crippen molar-refractivity contribution in [3.05, 3.63) is 24.3 Å². The summed E-state index contributed by atoms with van der Waals surface area (Å²) in [5.41, 5.74) is 0. The van der Waals surface area contributed by atoms with E-state index in [-0.39, 0.29) is 6.42 Å². The summed E-state index contributed by atoms with van der Waals surface area (Å²) in [7, 11) is 0. The largest absolute Gasteiger partial charge is 0.481 e. The van der Waals surface area contributed by atoms with E-state index in [4.69, 9.17) is 14.0 Å². The van der Waals surface area contributed by atoms with Gasteiger partial charge in [-0.3, -0.25) is 9.69 Å². The fourth-order valence-corrected chi connectivity index (χ4v) is 2.64. The Morgan fingerprint density at radius 3 is 3.19 bits per heavy atom. The van der Waals surface area contributed by atoms with Gasteiger partial charge in [0.2, 0.25) is 11.7 Å². The summed E-state index contributed by atoms with van der Waals surface area (Å²) >= 11 is 0. The fourth-order valence-electron chi connectivity index (χ4n) is 2.64. The smallest absolute Gasteiger partial charge is 0.303 e. The number of aromatic nitrogens is 2. The van der Waals surface area contributed by atoms with Crippen LogP contribution in [0.4, 0.5) is 0 Å². The van der Waals surface area contributed by atoms with Crippen molar-refractivity contribution in [2.24, 2.45) is 5.92 Å². The predicted molar refractivity (Wildman–Crippen MR) is 72.3 cm³/mol. The number of rotatable bonds is 6. The van der Waals surface area contributed by atoms with Crippen molar-refractivity contribution in [3.63, 3.8) is 0 Å². The normalized spacial score (nSPS) is 19.1. The maximum Gasteiger partial charge on any atom is 0.303 e. The van der Waals surface area contributed by atoms with Crippen molar-refractivity contribution in [1.29, 1.82) is 0 Å². The van der Waals surface area contributed by atoms with E-state index >= 15 is 0 Å². The molecule has 1 saturated heterocycles. The van der Waals surface area contributed by atoms with Crippen LogP contribution in [0.25, 0.3) is 11.6 Å². The molecule has 0 saturated carbocycles. The van der Waals surface area contributed by atoms with Gasteiger partial charge in [0.25, 0.3) is 0 Å². The third kappa shape index (κ3) is 3.49. The van der Waals surface area contributed by atoms with E-state index in [9.17, 15) is 4.79 Å². The molecule has 1 N–H and O–H groups in total. The Kier molecular flexibility index (Phi) is 4.01. The highest BCUT2D eigenvalue weighted by Crippen LogP contribution is 2.23. The molecule has 1 aliphatic rings. The molecule has 112 valence electrons. The zero-order valence-electron chi connectivity index (χ0n) is 11.6. The number of carbonyl (C=O) groups is 1. The standard InChI is InChI=1S/C14H17N3O4/c18-13(19)4-3-10-5-6-17(8-10)9-12-15-14(16-21-12)11-2-1-7-20-11/h1-2,7,10H,3-6,8-9H2,(H,18,19). The van der Waals surface area contributed by atoms with E-state index in [1.807, 2.05) is 0 Å². The summed E-state index contributed by atoms with van der Waals surface area (Å²) in [5.74, 6) is 1.31. The molecule has 1 atom stereocenters. The SMILES string of the molecule is O=C(O)CCC1CCN(Cc2nc(-c3ccco3)no2)C1. The first-order valence-electron chi connectivity index (χ1n) is 7.01. The first-order chi connectivity index (χ1) is 10.2. The quantitative estimate of drug-likeness (QED) is 0.870. The summed E-state index contributed by atoms with van der Waals surface area (Å²) in [5, 5.41) is 12.6. The molecular weight excluding hydrogens is 274 g/mol. The summed E-state index contributed by atoms with van der Waals surface area (Å²) in [4.78, 5) is 17.1. The van der Waals surface area contributed by atoms with E-state index in [2.05, 4.69) is 15.0 Å². The van der Waals surface area contributed by atoms with Crippen LogP contribution in [0.3, 0.4) is 0 Å². The number of likely N-dealkylation sites (tertiary alicyclic amines) is 1. The Balaban J connectivity index is 1.52. The highest BCUT2D eigenvalue weighted by atomic mass is 16.5. The second-order valence-corrected chi connectivity index (χ2v) is 5.31. The third-order valence-electron chi connectivity index (χ3n) is 3.70. The van der Waals surface area contributed by atoms with Gasteiger partial charge in [0, 0.05) is 13.0 Å². The van der Waals surface area contributed by atoms with Gasteiger partial charge in [-0.1, -0.05) is 5.16 Å². The molecule has 0 aliphatic carbocycles. The molecule has 0 bridgehead atoms. The maximum absolute atomic E-state index is 10.6. The van der Waals surface area contributed by atoms with Crippen molar-refractivity contribution < 1.29 is 18.8 Å². The van der Waals surface area contributed by atoms with Gasteiger partial charge in [0.15, 0.2) is 5.76 Å². The van der Waals surface area contributed by atoms with Gasteiger partial charge < -0.3 is 14.0 Å². The molecule has 3 heterocycles. The lowest BCUT2D eigenvalue weighted by Crippen LogP contribution is -2.20. The van der Waals surface area contributed by atoms with Crippen LogP contribution in [-0.4, -0.2) is 39.2 Å². The fraction of sp³-hybridized carbons (Fsp3) is 0.500. The molecule has 21 heavy (non-hydrogen) atoms. The Bertz CT molecular complexity index is 593. The number of carboxylic acid groups (broad SMARTS) is 1. The van der Waals surface area contributed by atoms with Crippen molar-refractivity contribution in [1.82, 2.24) is 15.0 Å². The molecule has 1 unspecified atom stereocenters. The highest BCUT2D eigenvalue weighted by molar-refractivity contribution is 5.66. The first-order valence-corrected chi connectivity index (χ1v) is 7.01. The topological polar surface area (TPSA) is 92.6 Å². The highest BCUT2D eigenvalue weighted by Gasteiger charge is 2.24. The average molecular weight is 291 g/mol. The molecule has 1 aliphatic heterocycles. The van der Waals surface area contributed by atoms with Crippen LogP contribution in [0.15, 0.2) is 27.3 Å². The summed E-state index contributed by atoms with van der Waals surface area (Å²) < 4.78 is 10.4. The molecular formula is C14H17N3O4. The minimum Gasteiger partial charge on any atom is -0.481 e. The zero-order valence-corrected chi connectivity index (χ0v) is 11.6. The summed E-state index contributed by atoms with van der Waals surface area (Å²) in [6.45, 7) is 2.41. The molecule has 3 rings (SSSR count). The van der Waals surface area contributed by atoms with Crippen LogP contribution in [-0.2, 0) is 11.3 Å². The van der Waals surface area contributed by atoms with Gasteiger partial charge in [-0.25, -0.2) is 0 Å². The lowest BCUT2D eigenvalue weighted by Gasteiger charge is -2.12. The molecule has 7 nitrogen and oxygen atoms in total. The van der Waals surface area contributed by atoms with Crippen molar-refractivity contribution >= 4 is 5.97 Å². The molecule has 7 heteroatoms. The van der Waals surface area contributed by atoms with Gasteiger partial charge in [0.05, 0.1) is 12.8 Å². The zero-order chi connectivity index (χ0) is 14.7. The van der Waals surface area contributed by atoms with Crippen LogP contribution in [0.5, 0.6) is 0 Å². The van der Waals surface area contributed by atoms with Crippen LogP contribution in [0.2, 0.25) is 0 Å². The maximum atomic E-state index is 10.6. The Hall–Kier alpha value is -2.15. The number of hydrogen-bond donors (Lipinski definition) is 1. The Labute approximate surface area is 121 Å². The molecule has 2 aromatic heterocycles. The summed E-state index contributed by atoms with van der Waals surface area (Å²) in [6.07, 6.45) is 3.56. The van der Waals surface area contributed by atoms with Gasteiger partial charge in [-0.05, 0) is 37.4 Å². The predicted octanol–water partition coefficient (Wildman–Crippen LogP) is 2.02. The Morgan fingerprint density at radius 2 is 2.43 bits per heavy atom. The molecule has 0 amide bonds. The van der Waals surface area contributed by atoms with Gasteiger partial charge in [-0.2, -0.15) is 4.98 Å². The second kappa shape index (κ2) is 6.09. The molecule has 2 aromatic rings. The van der Waals surface area contributed by atoms with Gasteiger partial charge in [0.1, 0.15) is 0 Å². The van der Waals surface area contributed by atoms with Crippen LogP contribution >= 0.6 is 0 Å². The molecule has 0 radical (unpaired) electrons. The van der Waals surface area contributed by atoms with Crippen LogP contribution in [0, 0.1) is 5.92 Å². The Morgan fingerprint density at radius 1 is 1.52 bits per heavy atom. The number of nitrogens with zero attached hydrogens (tertiary/aromatic N) is 3. The van der Waals surface area contributed by atoms with E-state index in [0.29, 0.717) is 29.9 Å².